The fourth-order valence-corrected chi connectivity index (χ4v) is 5.30. The predicted molar refractivity (Wildman–Crippen MR) is 203 cm³/mol. The van der Waals surface area contributed by atoms with Crippen molar-refractivity contribution in [2.24, 2.45) is 40.1 Å². The SMILES string of the molecule is CSCCC(N)C(=O)O.N=C(N)NCCCC(N)C(=O)O.NC(CSSCC(N)C(=O)O)C(=O)O.NC(Cc1c[nH]cn1)C(=O)O.NCCS(=O)(=O)O. The Morgan fingerprint density at radius 2 is 1.26 bits per heavy atom. The van der Waals surface area contributed by atoms with E-state index in [1.165, 1.54) is 27.9 Å². The molecule has 5 atom stereocenters. The molecule has 0 saturated carbocycles. The zero-order valence-electron chi connectivity index (χ0n) is 28.8. The molecule has 0 aliphatic carbocycles. The molecular formula is C25H53N11O13S4. The van der Waals surface area contributed by atoms with Gasteiger partial charge in [0, 0.05) is 37.2 Å². The highest BCUT2D eigenvalue weighted by Crippen LogP contribution is 2.22. The summed E-state index contributed by atoms with van der Waals surface area (Å²) < 4.78 is 27.3. The van der Waals surface area contributed by atoms with Gasteiger partial charge in [0.2, 0.25) is 0 Å². The molecule has 0 saturated heterocycles. The van der Waals surface area contributed by atoms with Gasteiger partial charge in [-0.25, -0.2) is 4.98 Å². The number of imidazole rings is 1. The van der Waals surface area contributed by atoms with Gasteiger partial charge in [0.05, 0.1) is 17.8 Å². The van der Waals surface area contributed by atoms with E-state index < -0.39 is 70.2 Å². The maximum absolute atomic E-state index is 10.3. The number of carboxylic acid groups (broad SMARTS) is 5. The van der Waals surface area contributed by atoms with Crippen molar-refractivity contribution in [2.75, 3.05) is 42.4 Å². The fourth-order valence-electron chi connectivity index (χ4n) is 2.29. The van der Waals surface area contributed by atoms with E-state index in [9.17, 15) is 32.4 Å². The predicted octanol–water partition coefficient (Wildman–Crippen LogP) is -3.80. The van der Waals surface area contributed by atoms with Crippen LogP contribution in [0, 0.1) is 5.41 Å². The Hall–Kier alpha value is -3.45. The van der Waals surface area contributed by atoms with E-state index in [1.54, 1.807) is 18.0 Å². The van der Waals surface area contributed by atoms with E-state index in [0.717, 1.165) is 5.75 Å². The van der Waals surface area contributed by atoms with Crippen molar-refractivity contribution in [3.8, 4) is 0 Å². The lowest BCUT2D eigenvalue weighted by Crippen LogP contribution is -2.34. The third-order valence-corrected chi connectivity index (χ3v) is 9.03. The molecule has 28 heteroatoms. The highest BCUT2D eigenvalue weighted by Gasteiger charge is 2.15. The number of aliphatic carboxylic acids is 5. The normalized spacial score (nSPS) is 13.1. The van der Waals surface area contributed by atoms with Crippen LogP contribution >= 0.6 is 33.3 Å². The van der Waals surface area contributed by atoms with Crippen molar-refractivity contribution in [3.05, 3.63) is 18.2 Å². The number of nitrogens with zero attached hydrogens (tertiary/aromatic N) is 1. The van der Waals surface area contributed by atoms with Crippen LogP contribution in [-0.4, -0.2) is 157 Å². The first kappa shape index (κ1) is 56.3. The molecule has 5 unspecified atom stereocenters. The van der Waals surface area contributed by atoms with Gasteiger partial charge in [-0.3, -0.25) is 33.9 Å². The fraction of sp³-hybridized carbons (Fsp3) is 0.640. The van der Waals surface area contributed by atoms with Crippen LogP contribution in [0.3, 0.4) is 0 Å². The van der Waals surface area contributed by atoms with Crippen LogP contribution in [-0.2, 0) is 40.5 Å². The summed E-state index contributed by atoms with van der Waals surface area (Å²) in [7, 11) is -1.39. The summed E-state index contributed by atoms with van der Waals surface area (Å²) in [4.78, 5) is 57.6. The minimum atomic E-state index is -3.80. The molecule has 1 heterocycles. The number of aromatic nitrogens is 2. The van der Waals surface area contributed by atoms with Gasteiger partial charge >= 0.3 is 29.8 Å². The van der Waals surface area contributed by atoms with Crippen molar-refractivity contribution in [3.63, 3.8) is 0 Å². The quantitative estimate of drug-likeness (QED) is 0.0185. The van der Waals surface area contributed by atoms with Crippen molar-refractivity contribution >= 4 is 79.3 Å². The summed E-state index contributed by atoms with van der Waals surface area (Å²) in [5.41, 5.74) is 36.5. The molecular weight excluding hydrogens is 791 g/mol. The highest BCUT2D eigenvalue weighted by molar-refractivity contribution is 8.76. The molecule has 0 aromatic carbocycles. The van der Waals surface area contributed by atoms with E-state index in [1.807, 2.05) is 6.26 Å². The first-order chi connectivity index (χ1) is 24.4. The molecule has 0 radical (unpaired) electrons. The van der Waals surface area contributed by atoms with Gasteiger partial charge in [0.1, 0.15) is 30.2 Å². The largest absolute Gasteiger partial charge is 0.480 e. The van der Waals surface area contributed by atoms with Gasteiger partial charge in [-0.2, -0.15) is 20.2 Å². The monoisotopic (exact) mass is 843 g/mol. The standard InChI is InChI=1S/C6H14N4O2.C6H9N3O2.C6H12N2O4S2.C5H11NO2S.C2H7NO3S/c7-4(5(11)12)2-1-3-10-6(8)9;7-5(6(10)11)1-4-2-8-3-9-4;7-3(5(9)10)1-13-14-2-4(8)6(11)12;1-9-3-2-4(6)5(7)8;3-1-2-7(4,5)6/h4H,1-3,7H2,(H,11,12)(H4,8,9,10);2-3,5H,1,7H2,(H,8,9)(H,10,11);3-4H,1-2,7-8H2,(H,9,10)(H,11,12);4H,2-3,6H2,1H3,(H,7,8);1-3H2,(H,4,5,6). The molecule has 24 nitrogen and oxygen atoms in total. The minimum absolute atomic E-state index is 0.0289. The lowest BCUT2D eigenvalue weighted by Gasteiger charge is -2.07. The Morgan fingerprint density at radius 3 is 1.57 bits per heavy atom. The number of aromatic amines is 1. The summed E-state index contributed by atoms with van der Waals surface area (Å²) in [5.74, 6) is -4.26. The molecule has 53 heavy (non-hydrogen) atoms. The molecule has 0 aliphatic heterocycles. The minimum Gasteiger partial charge on any atom is -0.480 e. The summed E-state index contributed by atoms with van der Waals surface area (Å²) in [6.45, 7) is 0.454. The molecule has 23 N–H and O–H groups in total. The molecule has 0 spiro atoms. The molecule has 0 amide bonds. The molecule has 310 valence electrons. The van der Waals surface area contributed by atoms with E-state index in [2.05, 4.69) is 15.3 Å². The first-order valence-electron chi connectivity index (χ1n) is 14.8. The lowest BCUT2D eigenvalue weighted by atomic mass is 10.2. The highest BCUT2D eigenvalue weighted by atomic mass is 33.1. The third kappa shape index (κ3) is 42.8. The third-order valence-electron chi connectivity index (χ3n) is 5.16. The summed E-state index contributed by atoms with van der Waals surface area (Å²) in [5, 5.41) is 51.2. The van der Waals surface area contributed by atoms with Crippen LogP contribution in [0.4, 0.5) is 0 Å². The van der Waals surface area contributed by atoms with Crippen LogP contribution < -0.4 is 45.5 Å². The molecule has 0 bridgehead atoms. The number of guanidine groups is 1. The van der Waals surface area contributed by atoms with Crippen LogP contribution in [0.15, 0.2) is 12.5 Å². The van der Waals surface area contributed by atoms with Gasteiger partial charge in [-0.1, -0.05) is 21.6 Å². The van der Waals surface area contributed by atoms with Crippen molar-refractivity contribution in [1.29, 1.82) is 5.41 Å². The Morgan fingerprint density at radius 1 is 0.830 bits per heavy atom. The topological polar surface area (TPSA) is 488 Å². The van der Waals surface area contributed by atoms with Crippen LogP contribution in [0.1, 0.15) is 25.0 Å². The van der Waals surface area contributed by atoms with Crippen LogP contribution in [0.25, 0.3) is 0 Å². The Kier molecular flexibility index (Phi) is 36.5. The number of hydrogen-bond acceptors (Lipinski definition) is 18. The second-order valence-electron chi connectivity index (χ2n) is 9.90. The van der Waals surface area contributed by atoms with Gasteiger partial charge in [0.25, 0.3) is 10.1 Å². The second-order valence-corrected chi connectivity index (χ2v) is 15.0. The van der Waals surface area contributed by atoms with Gasteiger partial charge < -0.3 is 76.0 Å². The van der Waals surface area contributed by atoms with E-state index >= 15 is 0 Å². The van der Waals surface area contributed by atoms with Crippen molar-refractivity contribution in [1.82, 2.24) is 15.3 Å². The zero-order valence-corrected chi connectivity index (χ0v) is 32.0. The first-order valence-corrected chi connectivity index (χ1v) is 20.3. The number of carbonyl (C=O) groups is 5. The van der Waals surface area contributed by atoms with E-state index in [-0.39, 0.29) is 36.2 Å². The number of nitrogens with one attached hydrogen (secondary N) is 3. The molecule has 0 aliphatic rings. The number of rotatable bonds is 21. The zero-order chi connectivity index (χ0) is 42.2. The van der Waals surface area contributed by atoms with Crippen LogP contribution in [0.2, 0.25) is 0 Å². The Balaban J connectivity index is -0.000000288. The summed E-state index contributed by atoms with van der Waals surface area (Å²) >= 11 is 1.60. The average molecular weight is 844 g/mol. The number of hydrogen-bond donors (Lipinski definition) is 16. The second kappa shape index (κ2) is 34.3. The maximum Gasteiger partial charge on any atom is 0.321 e. The number of nitrogens with two attached hydrogens (primary N) is 7. The lowest BCUT2D eigenvalue weighted by molar-refractivity contribution is -0.139. The maximum atomic E-state index is 10.3. The molecule has 1 rings (SSSR count). The number of carboxylic acids is 5. The number of H-pyrrole nitrogens is 1. The van der Waals surface area contributed by atoms with Crippen molar-refractivity contribution in [2.45, 2.75) is 55.9 Å². The van der Waals surface area contributed by atoms with E-state index in [4.69, 9.17) is 75.6 Å². The van der Waals surface area contributed by atoms with Gasteiger partial charge in [-0.05, 0) is 31.3 Å². The Labute approximate surface area is 318 Å². The van der Waals surface area contributed by atoms with Gasteiger partial charge in [-0.15, -0.1) is 0 Å². The van der Waals surface area contributed by atoms with Crippen molar-refractivity contribution < 1.29 is 62.5 Å². The summed E-state index contributed by atoms with van der Waals surface area (Å²) in [6.07, 6.45) is 6.83. The number of thioether (sulfide) groups is 1. The summed E-state index contributed by atoms with van der Waals surface area (Å²) in [6, 6.07) is -4.21. The van der Waals surface area contributed by atoms with E-state index in [0.29, 0.717) is 31.5 Å². The molecule has 0 fully saturated rings. The molecule has 1 aromatic rings. The van der Waals surface area contributed by atoms with Gasteiger partial charge in [0.15, 0.2) is 5.96 Å². The average Bonchev–Trinajstić information content (AvgIpc) is 3.57. The smallest absolute Gasteiger partial charge is 0.321 e. The Bertz CT molecular complexity index is 1260. The molecule has 1 aromatic heterocycles. The van der Waals surface area contributed by atoms with Crippen LogP contribution in [0.5, 0.6) is 0 Å².